The number of pyridine rings is 1. The Morgan fingerprint density at radius 2 is 2.16 bits per heavy atom. The SMILES string of the molecule is Cc1ccc(-c2nn(C(C)C)c3c2CCc2nc(NC=O)sc2-3)cn1. The van der Waals surface area contributed by atoms with Crippen LogP contribution in [0.1, 0.15) is 36.8 Å². The van der Waals surface area contributed by atoms with Gasteiger partial charge in [-0.15, -0.1) is 0 Å². The first-order chi connectivity index (χ1) is 12.1. The highest BCUT2D eigenvalue weighted by atomic mass is 32.1. The lowest BCUT2D eigenvalue weighted by atomic mass is 9.95. The molecule has 0 aliphatic heterocycles. The van der Waals surface area contributed by atoms with E-state index in [1.807, 2.05) is 19.2 Å². The summed E-state index contributed by atoms with van der Waals surface area (Å²) in [6.45, 7) is 6.24. The Balaban J connectivity index is 1.91. The fourth-order valence-electron chi connectivity index (χ4n) is 3.22. The zero-order valence-corrected chi connectivity index (χ0v) is 15.2. The van der Waals surface area contributed by atoms with E-state index in [4.69, 9.17) is 5.10 Å². The van der Waals surface area contributed by atoms with Gasteiger partial charge in [0.1, 0.15) is 0 Å². The number of aromatic nitrogens is 4. The van der Waals surface area contributed by atoms with Crippen molar-refractivity contribution in [3.63, 3.8) is 0 Å². The van der Waals surface area contributed by atoms with Crippen LogP contribution >= 0.6 is 11.3 Å². The minimum absolute atomic E-state index is 0.233. The molecular formula is C18H19N5OS. The van der Waals surface area contributed by atoms with Crippen LogP contribution in [0.5, 0.6) is 0 Å². The maximum atomic E-state index is 10.8. The highest BCUT2D eigenvalue weighted by Crippen LogP contribution is 2.43. The minimum Gasteiger partial charge on any atom is -0.305 e. The highest BCUT2D eigenvalue weighted by molar-refractivity contribution is 7.19. The fraction of sp³-hybridized carbons (Fsp3) is 0.333. The molecule has 1 aliphatic carbocycles. The van der Waals surface area contributed by atoms with Crippen molar-refractivity contribution >= 4 is 22.9 Å². The zero-order valence-electron chi connectivity index (χ0n) is 14.4. The van der Waals surface area contributed by atoms with Crippen molar-refractivity contribution in [2.75, 3.05) is 5.32 Å². The number of aryl methyl sites for hydroxylation is 2. The molecule has 0 fully saturated rings. The normalized spacial score (nSPS) is 12.8. The van der Waals surface area contributed by atoms with Gasteiger partial charge in [0.2, 0.25) is 6.41 Å². The molecule has 7 heteroatoms. The third kappa shape index (κ3) is 2.64. The number of fused-ring (bicyclic) bond motifs is 3. The van der Waals surface area contributed by atoms with Gasteiger partial charge in [0, 0.05) is 29.1 Å². The molecule has 6 nitrogen and oxygen atoms in total. The molecule has 0 saturated carbocycles. The van der Waals surface area contributed by atoms with Crippen LogP contribution in [-0.4, -0.2) is 26.2 Å². The van der Waals surface area contributed by atoms with Gasteiger partial charge in [0.15, 0.2) is 5.13 Å². The van der Waals surface area contributed by atoms with Gasteiger partial charge >= 0.3 is 0 Å². The molecule has 25 heavy (non-hydrogen) atoms. The van der Waals surface area contributed by atoms with Crippen LogP contribution in [0.2, 0.25) is 0 Å². The molecule has 3 aromatic rings. The summed E-state index contributed by atoms with van der Waals surface area (Å²) < 4.78 is 2.07. The lowest BCUT2D eigenvalue weighted by molar-refractivity contribution is -0.105. The molecule has 0 radical (unpaired) electrons. The van der Waals surface area contributed by atoms with E-state index in [2.05, 4.69) is 39.9 Å². The molecule has 0 bridgehead atoms. The standard InChI is InChI=1S/C18H19N5OS/c1-10(2)23-16-13(15(22-23)12-5-4-11(3)19-8-12)6-7-14-17(16)25-18(21-14)20-9-24/h4-5,8-10H,6-7H2,1-3H3,(H,20,21,24). The molecule has 1 aliphatic rings. The third-order valence-electron chi connectivity index (χ3n) is 4.39. The molecule has 0 atom stereocenters. The van der Waals surface area contributed by atoms with Crippen molar-refractivity contribution in [3.05, 3.63) is 35.3 Å². The molecule has 0 saturated heterocycles. The van der Waals surface area contributed by atoms with Gasteiger partial charge in [-0.1, -0.05) is 11.3 Å². The summed E-state index contributed by atoms with van der Waals surface area (Å²) in [5.41, 5.74) is 6.45. The number of thiazole rings is 1. The first-order valence-electron chi connectivity index (χ1n) is 8.33. The number of anilines is 1. The van der Waals surface area contributed by atoms with E-state index in [0.29, 0.717) is 11.5 Å². The number of amides is 1. The number of hydrogen-bond donors (Lipinski definition) is 1. The molecule has 4 rings (SSSR count). The van der Waals surface area contributed by atoms with Gasteiger partial charge in [-0.25, -0.2) is 4.98 Å². The van der Waals surface area contributed by atoms with E-state index in [-0.39, 0.29) is 6.04 Å². The Bertz CT molecular complexity index is 939. The van der Waals surface area contributed by atoms with Crippen molar-refractivity contribution in [2.24, 2.45) is 0 Å². The van der Waals surface area contributed by atoms with Crippen LogP contribution in [0, 0.1) is 6.92 Å². The van der Waals surface area contributed by atoms with Gasteiger partial charge in [0.05, 0.1) is 22.0 Å². The zero-order chi connectivity index (χ0) is 17.6. The second-order valence-electron chi connectivity index (χ2n) is 6.46. The van der Waals surface area contributed by atoms with E-state index in [9.17, 15) is 4.79 Å². The third-order valence-corrected chi connectivity index (χ3v) is 5.42. The molecule has 3 heterocycles. The number of carbonyl (C=O) groups excluding carboxylic acids is 1. The van der Waals surface area contributed by atoms with Crippen molar-refractivity contribution in [2.45, 2.75) is 39.7 Å². The molecule has 3 aromatic heterocycles. The molecular weight excluding hydrogens is 334 g/mol. The van der Waals surface area contributed by atoms with Crippen LogP contribution in [-0.2, 0) is 17.6 Å². The number of nitrogens with zero attached hydrogens (tertiary/aromatic N) is 4. The Morgan fingerprint density at radius 1 is 1.32 bits per heavy atom. The first kappa shape index (κ1) is 16.0. The summed E-state index contributed by atoms with van der Waals surface area (Å²) in [7, 11) is 0. The predicted molar refractivity (Wildman–Crippen MR) is 98.8 cm³/mol. The Hall–Kier alpha value is -2.54. The Morgan fingerprint density at radius 3 is 2.84 bits per heavy atom. The smallest absolute Gasteiger partial charge is 0.213 e. The monoisotopic (exact) mass is 353 g/mol. The molecule has 128 valence electrons. The van der Waals surface area contributed by atoms with Crippen LogP contribution in [0.25, 0.3) is 21.8 Å². The van der Waals surface area contributed by atoms with Gasteiger partial charge in [-0.2, -0.15) is 5.10 Å². The van der Waals surface area contributed by atoms with E-state index < -0.39 is 0 Å². The molecule has 1 N–H and O–H groups in total. The van der Waals surface area contributed by atoms with Crippen LogP contribution in [0.15, 0.2) is 18.3 Å². The van der Waals surface area contributed by atoms with Crippen molar-refractivity contribution in [1.82, 2.24) is 19.7 Å². The van der Waals surface area contributed by atoms with Crippen molar-refractivity contribution in [1.29, 1.82) is 0 Å². The fourth-order valence-corrected chi connectivity index (χ4v) is 4.26. The van der Waals surface area contributed by atoms with Gasteiger partial charge < -0.3 is 5.32 Å². The largest absolute Gasteiger partial charge is 0.305 e. The maximum Gasteiger partial charge on any atom is 0.213 e. The molecule has 0 spiro atoms. The number of nitrogens with one attached hydrogen (secondary N) is 1. The van der Waals surface area contributed by atoms with Crippen LogP contribution in [0.4, 0.5) is 5.13 Å². The second-order valence-corrected chi connectivity index (χ2v) is 7.46. The summed E-state index contributed by atoms with van der Waals surface area (Å²) in [5, 5.41) is 8.23. The van der Waals surface area contributed by atoms with Crippen molar-refractivity contribution in [3.8, 4) is 21.8 Å². The number of carbonyl (C=O) groups is 1. The lowest BCUT2D eigenvalue weighted by Crippen LogP contribution is -2.08. The summed E-state index contributed by atoms with van der Waals surface area (Å²) in [6.07, 6.45) is 4.32. The maximum absolute atomic E-state index is 10.8. The summed E-state index contributed by atoms with van der Waals surface area (Å²) in [5.74, 6) is 0. The van der Waals surface area contributed by atoms with Gasteiger partial charge in [-0.3, -0.25) is 14.5 Å². The topological polar surface area (TPSA) is 72.7 Å². The minimum atomic E-state index is 0.233. The Labute approximate surface area is 149 Å². The highest BCUT2D eigenvalue weighted by Gasteiger charge is 2.29. The van der Waals surface area contributed by atoms with Crippen molar-refractivity contribution < 1.29 is 4.79 Å². The lowest BCUT2D eigenvalue weighted by Gasteiger charge is -2.15. The average molecular weight is 353 g/mol. The first-order valence-corrected chi connectivity index (χ1v) is 9.14. The van der Waals surface area contributed by atoms with Crippen LogP contribution in [0.3, 0.4) is 0 Å². The van der Waals surface area contributed by atoms with E-state index in [1.54, 1.807) is 0 Å². The summed E-state index contributed by atoms with van der Waals surface area (Å²) >= 11 is 1.52. The number of rotatable bonds is 4. The second kappa shape index (κ2) is 6.07. The van der Waals surface area contributed by atoms with Gasteiger partial charge in [0.25, 0.3) is 0 Å². The molecule has 0 unspecified atom stereocenters. The summed E-state index contributed by atoms with van der Waals surface area (Å²) in [4.78, 5) is 20.8. The Kier molecular flexibility index (Phi) is 3.88. The van der Waals surface area contributed by atoms with E-state index in [0.717, 1.165) is 46.1 Å². The summed E-state index contributed by atoms with van der Waals surface area (Å²) in [6, 6.07) is 4.33. The van der Waals surface area contributed by atoms with E-state index in [1.165, 1.54) is 16.9 Å². The van der Waals surface area contributed by atoms with E-state index >= 15 is 0 Å². The van der Waals surface area contributed by atoms with Gasteiger partial charge in [-0.05, 0) is 45.7 Å². The molecule has 0 aromatic carbocycles. The molecule has 1 amide bonds. The predicted octanol–water partition coefficient (Wildman–Crippen LogP) is 3.62. The van der Waals surface area contributed by atoms with Crippen LogP contribution < -0.4 is 5.32 Å². The number of hydrogen-bond acceptors (Lipinski definition) is 5. The average Bonchev–Trinajstić information content (AvgIpc) is 3.16. The quantitative estimate of drug-likeness (QED) is 0.727.